The minimum Gasteiger partial charge on any atom is -0.289 e. The van der Waals surface area contributed by atoms with Crippen LogP contribution in [0.15, 0.2) is 0 Å². The Bertz CT molecular complexity index is 71.5. The van der Waals surface area contributed by atoms with Crippen molar-refractivity contribution < 1.29 is 9.78 Å². The Hall–Kier alpha value is -0.120. The zero-order valence-electron chi connectivity index (χ0n) is 5.72. The van der Waals surface area contributed by atoms with E-state index in [-0.39, 0.29) is 6.23 Å². The van der Waals surface area contributed by atoms with Crippen molar-refractivity contribution in [3.05, 3.63) is 0 Å². The van der Waals surface area contributed by atoms with Crippen LogP contribution in [0.3, 0.4) is 0 Å². The van der Waals surface area contributed by atoms with Gasteiger partial charge in [0.2, 0.25) is 0 Å². The highest BCUT2D eigenvalue weighted by Gasteiger charge is 2.14. The summed E-state index contributed by atoms with van der Waals surface area (Å²) in [4.78, 5) is 9.54. The molecule has 0 aliphatic carbocycles. The lowest BCUT2D eigenvalue weighted by molar-refractivity contribution is -0.279. The number of hydrogen-bond donors (Lipinski definition) is 1. The third-order valence-corrected chi connectivity index (χ3v) is 1.27. The lowest BCUT2D eigenvalue weighted by Crippen LogP contribution is -2.28. The summed E-state index contributed by atoms with van der Waals surface area (Å²) in [6.45, 7) is 3.86. The highest BCUT2D eigenvalue weighted by atomic mass is 17.2. The lowest BCUT2D eigenvalue weighted by atomic mass is 10.4. The van der Waals surface area contributed by atoms with Gasteiger partial charge in [0.25, 0.3) is 0 Å². The molecule has 1 heterocycles. The van der Waals surface area contributed by atoms with E-state index in [9.17, 15) is 0 Å². The zero-order valence-corrected chi connectivity index (χ0v) is 5.72. The Labute approximate surface area is 55.3 Å². The fourth-order valence-electron chi connectivity index (χ4n) is 0.775. The summed E-state index contributed by atoms with van der Waals surface area (Å²) in [5.74, 6) is 0. The normalized spacial score (nSPS) is 27.0. The van der Waals surface area contributed by atoms with Crippen LogP contribution >= 0.6 is 0 Å². The fraction of sp³-hybridized carbons (Fsp3) is 1.00. The molecule has 1 saturated heterocycles. The van der Waals surface area contributed by atoms with E-state index in [1.54, 1.807) is 0 Å². The molecule has 0 aromatic carbocycles. The number of rotatable bonds is 3. The van der Waals surface area contributed by atoms with Crippen LogP contribution in [-0.4, -0.2) is 19.4 Å². The maximum atomic E-state index is 4.84. The van der Waals surface area contributed by atoms with Crippen molar-refractivity contribution in [3.63, 3.8) is 0 Å². The maximum absolute atomic E-state index is 4.84. The third-order valence-electron chi connectivity index (χ3n) is 1.27. The molecule has 1 N–H and O–H groups in total. The molecule has 3 nitrogen and oxygen atoms in total. The third kappa shape index (κ3) is 2.30. The SMILES string of the molecule is CCCNC1CCOO1. The van der Waals surface area contributed by atoms with Gasteiger partial charge in [-0.05, 0) is 13.0 Å². The van der Waals surface area contributed by atoms with Crippen molar-refractivity contribution in [1.82, 2.24) is 5.32 Å². The monoisotopic (exact) mass is 131 g/mol. The van der Waals surface area contributed by atoms with Gasteiger partial charge in [-0.15, -0.1) is 0 Å². The van der Waals surface area contributed by atoms with Crippen LogP contribution in [0.2, 0.25) is 0 Å². The summed E-state index contributed by atoms with van der Waals surface area (Å²) < 4.78 is 0. The Kier molecular flexibility index (Phi) is 2.97. The molecular formula is C6H13NO2. The summed E-state index contributed by atoms with van der Waals surface area (Å²) in [5.41, 5.74) is 0. The van der Waals surface area contributed by atoms with E-state index in [2.05, 4.69) is 12.2 Å². The van der Waals surface area contributed by atoms with Crippen LogP contribution < -0.4 is 5.32 Å². The zero-order chi connectivity index (χ0) is 6.53. The van der Waals surface area contributed by atoms with Gasteiger partial charge in [-0.3, -0.25) is 5.32 Å². The second-order valence-corrected chi connectivity index (χ2v) is 2.15. The molecule has 0 saturated carbocycles. The topological polar surface area (TPSA) is 30.5 Å². The van der Waals surface area contributed by atoms with Gasteiger partial charge in [-0.25, -0.2) is 9.78 Å². The van der Waals surface area contributed by atoms with Gasteiger partial charge >= 0.3 is 0 Å². The Morgan fingerprint density at radius 1 is 1.67 bits per heavy atom. The quantitative estimate of drug-likeness (QED) is 0.571. The van der Waals surface area contributed by atoms with E-state index in [4.69, 9.17) is 9.78 Å². The van der Waals surface area contributed by atoms with Crippen molar-refractivity contribution in [2.45, 2.75) is 26.0 Å². The van der Waals surface area contributed by atoms with Crippen molar-refractivity contribution in [2.75, 3.05) is 13.2 Å². The van der Waals surface area contributed by atoms with Gasteiger partial charge in [0.1, 0.15) is 6.23 Å². The first-order chi connectivity index (χ1) is 4.43. The second kappa shape index (κ2) is 3.82. The molecule has 1 atom stereocenters. The number of hydrogen-bond acceptors (Lipinski definition) is 3. The van der Waals surface area contributed by atoms with Crippen molar-refractivity contribution in [3.8, 4) is 0 Å². The van der Waals surface area contributed by atoms with E-state index in [0.717, 1.165) is 26.0 Å². The predicted molar refractivity (Wildman–Crippen MR) is 33.7 cm³/mol. The molecule has 1 aliphatic heterocycles. The summed E-state index contributed by atoms with van der Waals surface area (Å²) in [6.07, 6.45) is 2.25. The first kappa shape index (κ1) is 6.99. The molecule has 0 amide bonds. The molecule has 1 rings (SSSR count). The molecule has 0 radical (unpaired) electrons. The van der Waals surface area contributed by atoms with E-state index in [1.807, 2.05) is 0 Å². The largest absolute Gasteiger partial charge is 0.289 e. The summed E-state index contributed by atoms with van der Waals surface area (Å²) in [5, 5.41) is 3.18. The molecule has 3 heteroatoms. The Balaban J connectivity index is 1.98. The van der Waals surface area contributed by atoms with Gasteiger partial charge in [0, 0.05) is 6.42 Å². The minimum atomic E-state index is 0.143. The molecule has 1 unspecified atom stereocenters. The molecule has 1 fully saturated rings. The molecular weight excluding hydrogens is 118 g/mol. The molecule has 54 valence electrons. The molecule has 1 aliphatic rings. The Morgan fingerprint density at radius 2 is 2.56 bits per heavy atom. The molecule has 9 heavy (non-hydrogen) atoms. The van der Waals surface area contributed by atoms with Crippen LogP contribution in [0, 0.1) is 0 Å². The summed E-state index contributed by atoms with van der Waals surface area (Å²) in [6, 6.07) is 0. The van der Waals surface area contributed by atoms with Crippen molar-refractivity contribution >= 4 is 0 Å². The highest BCUT2D eigenvalue weighted by Crippen LogP contribution is 2.04. The van der Waals surface area contributed by atoms with Crippen LogP contribution in [0.25, 0.3) is 0 Å². The standard InChI is InChI=1S/C6H13NO2/c1-2-4-7-6-3-5-8-9-6/h6-7H,2-5H2,1H3. The molecule has 0 spiro atoms. The summed E-state index contributed by atoms with van der Waals surface area (Å²) in [7, 11) is 0. The van der Waals surface area contributed by atoms with Crippen LogP contribution in [0.4, 0.5) is 0 Å². The van der Waals surface area contributed by atoms with Crippen molar-refractivity contribution in [1.29, 1.82) is 0 Å². The summed E-state index contributed by atoms with van der Waals surface area (Å²) >= 11 is 0. The fourth-order valence-corrected chi connectivity index (χ4v) is 0.775. The van der Waals surface area contributed by atoms with Crippen LogP contribution in [0.5, 0.6) is 0 Å². The van der Waals surface area contributed by atoms with Gasteiger partial charge in [-0.1, -0.05) is 6.92 Å². The Morgan fingerprint density at radius 3 is 3.11 bits per heavy atom. The number of nitrogens with one attached hydrogen (secondary N) is 1. The van der Waals surface area contributed by atoms with E-state index in [1.165, 1.54) is 0 Å². The molecule has 0 aromatic heterocycles. The minimum absolute atomic E-state index is 0.143. The van der Waals surface area contributed by atoms with Gasteiger partial charge in [0.05, 0.1) is 6.61 Å². The first-order valence-electron chi connectivity index (χ1n) is 3.45. The van der Waals surface area contributed by atoms with Crippen molar-refractivity contribution in [2.24, 2.45) is 0 Å². The average Bonchev–Trinajstić information content (AvgIpc) is 2.34. The van der Waals surface area contributed by atoms with E-state index < -0.39 is 0 Å². The lowest BCUT2D eigenvalue weighted by Gasteiger charge is -2.06. The van der Waals surface area contributed by atoms with Crippen LogP contribution in [-0.2, 0) is 9.78 Å². The van der Waals surface area contributed by atoms with E-state index in [0.29, 0.717) is 0 Å². The maximum Gasteiger partial charge on any atom is 0.146 e. The first-order valence-corrected chi connectivity index (χ1v) is 3.45. The predicted octanol–water partition coefficient (Wildman–Crippen LogP) is 0.664. The molecule has 0 bridgehead atoms. The average molecular weight is 131 g/mol. The van der Waals surface area contributed by atoms with E-state index >= 15 is 0 Å². The van der Waals surface area contributed by atoms with Gasteiger partial charge in [-0.2, -0.15) is 0 Å². The smallest absolute Gasteiger partial charge is 0.146 e. The van der Waals surface area contributed by atoms with Crippen LogP contribution in [0.1, 0.15) is 19.8 Å². The van der Waals surface area contributed by atoms with Gasteiger partial charge in [0.15, 0.2) is 0 Å². The molecule has 0 aromatic rings. The highest BCUT2D eigenvalue weighted by molar-refractivity contribution is 4.55. The van der Waals surface area contributed by atoms with Gasteiger partial charge < -0.3 is 0 Å². The second-order valence-electron chi connectivity index (χ2n) is 2.15.